The molecular formula is C29H18ClN3. The van der Waals surface area contributed by atoms with E-state index in [0.717, 1.165) is 27.5 Å². The second kappa shape index (κ2) is 8.12. The zero-order chi connectivity index (χ0) is 22.2. The van der Waals surface area contributed by atoms with Gasteiger partial charge in [0.15, 0.2) is 11.6 Å². The Labute approximate surface area is 196 Å². The van der Waals surface area contributed by atoms with Crippen molar-refractivity contribution in [3.8, 4) is 33.9 Å². The first-order chi connectivity index (χ1) is 16.3. The minimum atomic E-state index is 0.182. The Hall–Kier alpha value is -4.08. The van der Waals surface area contributed by atoms with Crippen LogP contribution in [0.1, 0.15) is 0 Å². The third-order valence-electron chi connectivity index (χ3n) is 5.86. The Morgan fingerprint density at radius 2 is 1.12 bits per heavy atom. The molecule has 6 aromatic rings. The Bertz CT molecular complexity index is 1620. The van der Waals surface area contributed by atoms with E-state index in [1.54, 1.807) is 0 Å². The van der Waals surface area contributed by atoms with Crippen molar-refractivity contribution in [2.45, 2.75) is 0 Å². The lowest BCUT2D eigenvalue weighted by Crippen LogP contribution is -1.97. The van der Waals surface area contributed by atoms with Gasteiger partial charge in [-0.25, -0.2) is 4.98 Å². The molecule has 5 aromatic carbocycles. The van der Waals surface area contributed by atoms with Crippen LogP contribution in [0.5, 0.6) is 0 Å². The largest absolute Gasteiger partial charge is 0.226 e. The van der Waals surface area contributed by atoms with Crippen molar-refractivity contribution in [1.82, 2.24) is 15.0 Å². The monoisotopic (exact) mass is 443 g/mol. The minimum Gasteiger partial charge on any atom is -0.208 e. The maximum atomic E-state index is 6.33. The summed E-state index contributed by atoms with van der Waals surface area (Å²) in [5.74, 6) is 1.13. The maximum absolute atomic E-state index is 6.33. The van der Waals surface area contributed by atoms with Crippen molar-refractivity contribution in [1.29, 1.82) is 0 Å². The van der Waals surface area contributed by atoms with E-state index in [1.165, 1.54) is 16.3 Å². The van der Waals surface area contributed by atoms with Crippen LogP contribution in [0, 0.1) is 0 Å². The Balaban J connectivity index is 1.56. The van der Waals surface area contributed by atoms with E-state index >= 15 is 0 Å². The second-order valence-corrected chi connectivity index (χ2v) is 8.22. The van der Waals surface area contributed by atoms with Crippen molar-refractivity contribution < 1.29 is 0 Å². The van der Waals surface area contributed by atoms with Gasteiger partial charge in [-0.1, -0.05) is 103 Å². The van der Waals surface area contributed by atoms with Gasteiger partial charge in [-0.3, -0.25) is 0 Å². The molecule has 33 heavy (non-hydrogen) atoms. The van der Waals surface area contributed by atoms with Crippen LogP contribution < -0.4 is 0 Å². The molecule has 6 rings (SSSR count). The topological polar surface area (TPSA) is 38.7 Å². The van der Waals surface area contributed by atoms with Gasteiger partial charge in [0.2, 0.25) is 5.28 Å². The third kappa shape index (κ3) is 3.63. The van der Waals surface area contributed by atoms with Crippen LogP contribution in [0.2, 0.25) is 5.28 Å². The molecule has 0 saturated carbocycles. The van der Waals surface area contributed by atoms with Crippen molar-refractivity contribution in [2.24, 2.45) is 0 Å². The molecule has 0 amide bonds. The number of halogens is 1. The molecule has 0 N–H and O–H groups in total. The highest BCUT2D eigenvalue weighted by atomic mass is 35.5. The highest BCUT2D eigenvalue weighted by Gasteiger charge is 2.13. The van der Waals surface area contributed by atoms with Gasteiger partial charge in [0.05, 0.1) is 0 Å². The van der Waals surface area contributed by atoms with E-state index in [2.05, 4.69) is 76.7 Å². The molecule has 0 radical (unpaired) electrons. The second-order valence-electron chi connectivity index (χ2n) is 7.89. The van der Waals surface area contributed by atoms with E-state index in [9.17, 15) is 0 Å². The molecule has 0 aliphatic carbocycles. The first kappa shape index (κ1) is 19.6. The SMILES string of the molecule is Clc1nc(-c2ccccc2)nc(-c2cccc3ccc(-c4cccc5ccccc45)cc23)n1. The molecule has 3 nitrogen and oxygen atoms in total. The molecule has 0 atom stereocenters. The highest BCUT2D eigenvalue weighted by molar-refractivity contribution is 6.28. The third-order valence-corrected chi connectivity index (χ3v) is 6.03. The van der Waals surface area contributed by atoms with Gasteiger partial charge in [-0.05, 0) is 50.3 Å². The van der Waals surface area contributed by atoms with Crippen LogP contribution in [0.15, 0.2) is 109 Å². The number of aromatic nitrogens is 3. The van der Waals surface area contributed by atoms with E-state index in [0.29, 0.717) is 11.6 Å². The molecule has 4 heteroatoms. The molecule has 0 spiro atoms. The average molecular weight is 444 g/mol. The summed E-state index contributed by atoms with van der Waals surface area (Å²) in [6.45, 7) is 0. The minimum absolute atomic E-state index is 0.182. The Kier molecular flexibility index (Phi) is 4.82. The normalized spacial score (nSPS) is 11.2. The number of benzene rings is 5. The van der Waals surface area contributed by atoms with Gasteiger partial charge in [0.1, 0.15) is 0 Å². The van der Waals surface area contributed by atoms with E-state index in [4.69, 9.17) is 16.6 Å². The number of nitrogens with zero attached hydrogens (tertiary/aromatic N) is 3. The first-order valence-electron chi connectivity index (χ1n) is 10.7. The fraction of sp³-hybridized carbons (Fsp3) is 0. The Morgan fingerprint density at radius 1 is 0.455 bits per heavy atom. The highest BCUT2D eigenvalue weighted by Crippen LogP contribution is 2.34. The van der Waals surface area contributed by atoms with Crippen LogP contribution in [0.4, 0.5) is 0 Å². The molecule has 0 bridgehead atoms. The molecular weight excluding hydrogens is 426 g/mol. The summed E-state index contributed by atoms with van der Waals surface area (Å²) in [5.41, 5.74) is 4.18. The number of hydrogen-bond donors (Lipinski definition) is 0. The zero-order valence-corrected chi connectivity index (χ0v) is 18.4. The van der Waals surface area contributed by atoms with E-state index < -0.39 is 0 Å². The summed E-state index contributed by atoms with van der Waals surface area (Å²) >= 11 is 6.33. The van der Waals surface area contributed by atoms with Gasteiger partial charge in [0, 0.05) is 11.1 Å². The van der Waals surface area contributed by atoms with Crippen LogP contribution in [0.25, 0.3) is 55.4 Å². The van der Waals surface area contributed by atoms with Crippen molar-refractivity contribution in [2.75, 3.05) is 0 Å². The summed E-state index contributed by atoms with van der Waals surface area (Å²) in [7, 11) is 0. The Morgan fingerprint density at radius 3 is 1.97 bits per heavy atom. The van der Waals surface area contributed by atoms with Crippen LogP contribution in [-0.2, 0) is 0 Å². The quantitative estimate of drug-likeness (QED) is 0.279. The lowest BCUT2D eigenvalue weighted by molar-refractivity contribution is 1.07. The fourth-order valence-electron chi connectivity index (χ4n) is 4.30. The molecule has 156 valence electrons. The summed E-state index contributed by atoms with van der Waals surface area (Å²) < 4.78 is 0. The molecule has 0 aliphatic rings. The van der Waals surface area contributed by atoms with Crippen molar-refractivity contribution in [3.63, 3.8) is 0 Å². The van der Waals surface area contributed by atoms with Crippen molar-refractivity contribution in [3.05, 3.63) is 114 Å². The zero-order valence-electron chi connectivity index (χ0n) is 17.6. The molecule has 0 saturated heterocycles. The molecule has 0 fully saturated rings. The van der Waals surface area contributed by atoms with Gasteiger partial charge in [-0.15, -0.1) is 0 Å². The summed E-state index contributed by atoms with van der Waals surface area (Å²) in [5, 5.41) is 4.83. The van der Waals surface area contributed by atoms with E-state index in [1.807, 2.05) is 42.5 Å². The lowest BCUT2D eigenvalue weighted by Gasteiger charge is -2.11. The molecule has 1 heterocycles. The van der Waals surface area contributed by atoms with Crippen LogP contribution >= 0.6 is 11.6 Å². The molecule has 1 aromatic heterocycles. The maximum Gasteiger partial charge on any atom is 0.226 e. The van der Waals surface area contributed by atoms with Crippen LogP contribution in [-0.4, -0.2) is 15.0 Å². The number of hydrogen-bond acceptors (Lipinski definition) is 3. The van der Waals surface area contributed by atoms with Crippen LogP contribution in [0.3, 0.4) is 0 Å². The lowest BCUT2D eigenvalue weighted by atomic mass is 9.94. The fourth-order valence-corrected chi connectivity index (χ4v) is 4.46. The predicted molar refractivity (Wildman–Crippen MR) is 136 cm³/mol. The number of fused-ring (bicyclic) bond motifs is 2. The summed E-state index contributed by atoms with van der Waals surface area (Å²) in [6, 6.07) is 37.4. The first-order valence-corrected chi connectivity index (χ1v) is 11.1. The summed E-state index contributed by atoms with van der Waals surface area (Å²) in [6.07, 6.45) is 0. The van der Waals surface area contributed by atoms with E-state index in [-0.39, 0.29) is 5.28 Å². The van der Waals surface area contributed by atoms with Gasteiger partial charge >= 0.3 is 0 Å². The summed E-state index contributed by atoms with van der Waals surface area (Å²) in [4.78, 5) is 13.6. The number of rotatable bonds is 3. The standard InChI is InChI=1S/C29H18ClN3/c30-29-32-27(21-9-2-1-3-10-21)31-28(33-29)25-15-7-12-20-16-17-22(18-26(20)25)24-14-6-11-19-8-4-5-13-23(19)24/h1-18H. The van der Waals surface area contributed by atoms with Gasteiger partial charge < -0.3 is 0 Å². The smallest absolute Gasteiger partial charge is 0.208 e. The predicted octanol–water partition coefficient (Wildman–Crippen LogP) is 7.83. The molecule has 0 unspecified atom stereocenters. The average Bonchev–Trinajstić information content (AvgIpc) is 2.88. The van der Waals surface area contributed by atoms with Crippen molar-refractivity contribution >= 4 is 33.1 Å². The molecule has 0 aliphatic heterocycles. The van der Waals surface area contributed by atoms with Gasteiger partial charge in [-0.2, -0.15) is 9.97 Å². The van der Waals surface area contributed by atoms with Gasteiger partial charge in [0.25, 0.3) is 0 Å².